The molecule has 15 heteroatoms. The summed E-state index contributed by atoms with van der Waals surface area (Å²) in [7, 11) is 0. The molecule has 302 valence electrons. The summed E-state index contributed by atoms with van der Waals surface area (Å²) in [5.74, 6) is -2.80. The molecule has 1 heterocycles. The molecule has 1 aliphatic rings. The van der Waals surface area contributed by atoms with E-state index in [-0.39, 0.29) is 37.7 Å². The number of esters is 3. The molecule has 0 bridgehead atoms. The monoisotopic (exact) mass is 746 g/mol. The third-order valence-electron chi connectivity index (χ3n) is 6.10. The van der Waals surface area contributed by atoms with E-state index in [1.54, 1.807) is 55.4 Å². The minimum atomic E-state index is -1.17. The number of nitrogens with one attached hydrogen (secondary N) is 2. The van der Waals surface area contributed by atoms with E-state index in [0.29, 0.717) is 6.42 Å². The Morgan fingerprint density at radius 1 is 0.712 bits per heavy atom. The number of ether oxygens (including phenoxy) is 6. The second-order valence-electron chi connectivity index (χ2n) is 15.3. The highest BCUT2D eigenvalue weighted by Crippen LogP contribution is 2.14. The van der Waals surface area contributed by atoms with Crippen molar-refractivity contribution in [2.45, 2.75) is 157 Å². The molecular weight excluding hydrogens is 680 g/mol. The lowest BCUT2D eigenvalue weighted by Crippen LogP contribution is -2.39. The summed E-state index contributed by atoms with van der Waals surface area (Å²) in [5, 5.41) is 14.1. The number of alkyl carbamates (subject to hydrolysis) is 2. The van der Waals surface area contributed by atoms with Gasteiger partial charge in [-0.05, 0) is 92.9 Å². The summed E-state index contributed by atoms with van der Waals surface area (Å²) in [4.78, 5) is 70.0. The molecule has 0 aromatic rings. The Labute approximate surface area is 310 Å². The van der Waals surface area contributed by atoms with Gasteiger partial charge >= 0.3 is 36.1 Å². The maximum atomic E-state index is 12.0. The van der Waals surface area contributed by atoms with Crippen LogP contribution in [-0.2, 0) is 47.6 Å². The second kappa shape index (κ2) is 26.0. The van der Waals surface area contributed by atoms with Gasteiger partial charge in [0.1, 0.15) is 17.8 Å². The normalized spacial score (nSPS) is 14.8. The van der Waals surface area contributed by atoms with Crippen LogP contribution in [0.4, 0.5) is 9.59 Å². The molecule has 2 unspecified atom stereocenters. The third kappa shape index (κ3) is 30.9. The molecule has 0 saturated carbocycles. The number of amides is 2. The first kappa shape index (κ1) is 50.2. The smallest absolute Gasteiger partial charge is 0.407 e. The van der Waals surface area contributed by atoms with E-state index >= 15 is 0 Å². The molecule has 4 atom stereocenters. The van der Waals surface area contributed by atoms with Crippen molar-refractivity contribution in [2.75, 3.05) is 19.8 Å². The van der Waals surface area contributed by atoms with Gasteiger partial charge in [0.25, 0.3) is 0 Å². The summed E-state index contributed by atoms with van der Waals surface area (Å²) < 4.78 is 30.3. The molecule has 1 rings (SSSR count). The Kier molecular flexibility index (Phi) is 25.1. The first-order chi connectivity index (χ1) is 23.8. The van der Waals surface area contributed by atoms with E-state index in [9.17, 15) is 28.8 Å². The topological polar surface area (TPSA) is 202 Å². The minimum Gasteiger partial charge on any atom is -0.479 e. The summed E-state index contributed by atoms with van der Waals surface area (Å²) in [6.07, 6.45) is 1.01. The van der Waals surface area contributed by atoms with E-state index < -0.39 is 71.6 Å². The molecule has 0 aromatic carbocycles. The van der Waals surface area contributed by atoms with Gasteiger partial charge < -0.3 is 44.2 Å². The minimum absolute atomic E-state index is 0.0571. The first-order valence-corrected chi connectivity index (χ1v) is 17.8. The van der Waals surface area contributed by atoms with Crippen LogP contribution in [0.5, 0.6) is 0 Å². The lowest BCUT2D eigenvalue weighted by atomic mass is 10.1. The quantitative estimate of drug-likeness (QED) is 0.0929. The number of rotatable bonds is 16. The van der Waals surface area contributed by atoms with E-state index in [4.69, 9.17) is 33.5 Å². The Hall–Kier alpha value is -3.88. The van der Waals surface area contributed by atoms with Gasteiger partial charge in [-0.15, -0.1) is 0 Å². The van der Waals surface area contributed by atoms with Gasteiger partial charge in [-0.25, -0.2) is 19.2 Å². The van der Waals surface area contributed by atoms with Crippen molar-refractivity contribution >= 4 is 36.1 Å². The predicted molar refractivity (Wildman–Crippen MR) is 194 cm³/mol. The third-order valence-corrected chi connectivity index (χ3v) is 6.10. The van der Waals surface area contributed by atoms with Gasteiger partial charge in [-0.1, -0.05) is 40.3 Å². The van der Waals surface area contributed by atoms with Gasteiger partial charge in [-0.3, -0.25) is 9.59 Å². The van der Waals surface area contributed by atoms with Crippen molar-refractivity contribution in [3.05, 3.63) is 12.7 Å². The van der Waals surface area contributed by atoms with Gasteiger partial charge in [0.2, 0.25) is 0 Å². The second-order valence-corrected chi connectivity index (χ2v) is 15.3. The molecule has 3 N–H and O–H groups in total. The average Bonchev–Trinajstić information content (AvgIpc) is 3.53. The van der Waals surface area contributed by atoms with Crippen LogP contribution in [0.3, 0.4) is 0 Å². The highest BCUT2D eigenvalue weighted by atomic mass is 16.6. The molecule has 1 saturated heterocycles. The van der Waals surface area contributed by atoms with Crippen LogP contribution in [0.1, 0.15) is 122 Å². The van der Waals surface area contributed by atoms with Crippen LogP contribution in [0, 0.1) is 11.8 Å². The maximum absolute atomic E-state index is 12.0. The Morgan fingerprint density at radius 3 is 1.40 bits per heavy atom. The molecule has 0 radical (unpaired) electrons. The lowest BCUT2D eigenvalue weighted by molar-refractivity contribution is -0.168. The van der Waals surface area contributed by atoms with Gasteiger partial charge in [0.15, 0.2) is 12.2 Å². The van der Waals surface area contributed by atoms with E-state index in [2.05, 4.69) is 17.2 Å². The van der Waals surface area contributed by atoms with E-state index in [1.807, 2.05) is 27.7 Å². The van der Waals surface area contributed by atoms with Gasteiger partial charge in [0.05, 0.1) is 12.8 Å². The number of carbonyl (C=O) groups excluding carboxylic acids is 5. The van der Waals surface area contributed by atoms with E-state index in [1.165, 1.54) is 18.9 Å². The van der Waals surface area contributed by atoms with Gasteiger partial charge in [0, 0.05) is 25.3 Å². The zero-order chi connectivity index (χ0) is 40.7. The standard InChI is InChI=1S/C18H31NO6.C15H27NO6.C4H8O/c1-8-9-23-16(21)14(10-12(2)3)24-15(20)11-13(4)19-17(22)25-18(5,6)7;1-9(2)7-11(13(18)19)21-12(17)8-10(3)16-14(20)22-15(4,5)6;1-2-4-5-3-1/h8,12-14H,1,9-11H2,2-7H3,(H,19,22);9-11H,7-8H2,1-6H3,(H,16,20)(H,18,19);1-4H2/t13-,14?;10-,11?;/m11./s1. The Morgan fingerprint density at radius 2 is 1.10 bits per heavy atom. The average molecular weight is 747 g/mol. The molecule has 0 aliphatic carbocycles. The summed E-state index contributed by atoms with van der Waals surface area (Å²) in [5.41, 5.74) is -1.25. The van der Waals surface area contributed by atoms with Crippen molar-refractivity contribution < 1.29 is 62.3 Å². The zero-order valence-corrected chi connectivity index (χ0v) is 33.5. The van der Waals surface area contributed by atoms with E-state index in [0.717, 1.165) is 13.2 Å². The molecule has 1 fully saturated rings. The molecule has 1 aliphatic heterocycles. The predicted octanol–water partition coefficient (Wildman–Crippen LogP) is 6.11. The fourth-order valence-corrected chi connectivity index (χ4v) is 4.03. The fourth-order valence-electron chi connectivity index (χ4n) is 4.03. The largest absolute Gasteiger partial charge is 0.479 e. The van der Waals surface area contributed by atoms with Crippen molar-refractivity contribution in [3.63, 3.8) is 0 Å². The highest BCUT2D eigenvalue weighted by molar-refractivity contribution is 5.80. The molecular formula is C37H66N2O13. The van der Waals surface area contributed by atoms with Crippen molar-refractivity contribution in [2.24, 2.45) is 11.8 Å². The molecule has 2 amide bonds. The van der Waals surface area contributed by atoms with Crippen LogP contribution < -0.4 is 10.6 Å². The maximum Gasteiger partial charge on any atom is 0.407 e. The summed E-state index contributed by atoms with van der Waals surface area (Å²) >= 11 is 0. The van der Waals surface area contributed by atoms with Gasteiger partial charge in [-0.2, -0.15) is 0 Å². The molecule has 52 heavy (non-hydrogen) atoms. The van der Waals surface area contributed by atoms with Crippen LogP contribution in [0.15, 0.2) is 12.7 Å². The number of hydrogen-bond donors (Lipinski definition) is 3. The first-order valence-electron chi connectivity index (χ1n) is 17.8. The SMILES string of the molecule is C1CCOC1.C=CCOC(=O)C(CC(C)C)OC(=O)C[C@@H](C)NC(=O)OC(C)(C)C.CC(C)CC(OC(=O)C[C@@H](C)NC(=O)OC(C)(C)C)C(=O)O. The van der Waals surface area contributed by atoms with Crippen molar-refractivity contribution in [1.82, 2.24) is 10.6 Å². The molecule has 15 nitrogen and oxygen atoms in total. The van der Waals surface area contributed by atoms with Crippen LogP contribution in [-0.4, -0.2) is 96.5 Å². The fraction of sp³-hybridized carbons (Fsp3) is 0.784. The molecule has 0 aromatic heterocycles. The number of hydrogen-bond acceptors (Lipinski definition) is 12. The summed E-state index contributed by atoms with van der Waals surface area (Å²) in [6.45, 7) is 26.7. The number of carboxylic acid groups (broad SMARTS) is 1. The number of aliphatic carboxylic acids is 1. The Bertz CT molecular complexity index is 1100. The molecule has 0 spiro atoms. The van der Waals surface area contributed by atoms with Crippen molar-refractivity contribution in [1.29, 1.82) is 0 Å². The Balaban J connectivity index is 0. The lowest BCUT2D eigenvalue weighted by Gasteiger charge is -2.22. The van der Waals surface area contributed by atoms with Crippen LogP contribution in [0.25, 0.3) is 0 Å². The number of carboxylic acids is 1. The number of carbonyl (C=O) groups is 6. The zero-order valence-electron chi connectivity index (χ0n) is 33.5. The van der Waals surface area contributed by atoms with Crippen LogP contribution >= 0.6 is 0 Å². The van der Waals surface area contributed by atoms with Crippen molar-refractivity contribution in [3.8, 4) is 0 Å². The highest BCUT2D eigenvalue weighted by Gasteiger charge is 2.28. The van der Waals surface area contributed by atoms with Crippen LogP contribution in [0.2, 0.25) is 0 Å². The summed E-state index contributed by atoms with van der Waals surface area (Å²) in [6, 6.07) is -1.01.